The van der Waals surface area contributed by atoms with Crippen molar-refractivity contribution in [2.75, 3.05) is 5.32 Å². The number of nitrogens with zero attached hydrogens (tertiary/aromatic N) is 2. The molecule has 0 radical (unpaired) electrons. The van der Waals surface area contributed by atoms with Crippen LogP contribution in [-0.2, 0) is 6.42 Å². The van der Waals surface area contributed by atoms with Crippen LogP contribution in [0.15, 0.2) is 97.1 Å². The van der Waals surface area contributed by atoms with Gasteiger partial charge in [-0.15, -0.1) is 0 Å². The lowest BCUT2D eigenvalue weighted by atomic mass is 9.85. The summed E-state index contributed by atoms with van der Waals surface area (Å²) in [4.78, 5) is 24.3. The first-order chi connectivity index (χ1) is 23.4. The monoisotopic (exact) mass is 629 g/mol. The largest absolute Gasteiger partial charge is 0.354 e. The van der Waals surface area contributed by atoms with Gasteiger partial charge in [-0.3, -0.25) is 4.79 Å². The van der Waals surface area contributed by atoms with Crippen LogP contribution in [0.25, 0.3) is 44.7 Å². The third kappa shape index (κ3) is 6.15. The van der Waals surface area contributed by atoms with Gasteiger partial charge in [0.25, 0.3) is 0 Å². The standard InChI is InChI=1S/C44H43N3O/c1-5-6-7-8-9-10-13-31-16-18-32(19-17-31)33-20-22-34(23-21-33)44-46-37-24-25-38(45-41-29(3)26-28(2)27-30(41)4)40-39(37)42(47-44)35-14-11-12-15-36(35)43(40)48/h11-12,14-27,45H,5-10,13H2,1-4H3. The first-order valence-corrected chi connectivity index (χ1v) is 17.4. The Labute approximate surface area is 284 Å². The molecule has 4 heteroatoms. The lowest BCUT2D eigenvalue weighted by Gasteiger charge is -2.23. The molecular formula is C44H43N3O. The molecule has 1 N–H and O–H groups in total. The molecule has 1 aliphatic carbocycles. The van der Waals surface area contributed by atoms with E-state index in [1.807, 2.05) is 36.4 Å². The summed E-state index contributed by atoms with van der Waals surface area (Å²) in [5, 5.41) is 4.41. The fourth-order valence-corrected chi connectivity index (χ4v) is 7.21. The van der Waals surface area contributed by atoms with Crippen molar-refractivity contribution in [3.05, 3.63) is 130 Å². The number of anilines is 2. The van der Waals surface area contributed by atoms with E-state index < -0.39 is 0 Å². The second-order valence-corrected chi connectivity index (χ2v) is 13.3. The second-order valence-electron chi connectivity index (χ2n) is 13.3. The molecule has 1 heterocycles. The van der Waals surface area contributed by atoms with Gasteiger partial charge in [0.15, 0.2) is 11.6 Å². The Morgan fingerprint density at radius 2 is 1.27 bits per heavy atom. The number of carbonyl (C=O) groups is 1. The molecule has 0 atom stereocenters. The lowest BCUT2D eigenvalue weighted by Crippen LogP contribution is -2.14. The number of benzene rings is 5. The van der Waals surface area contributed by atoms with E-state index in [4.69, 9.17) is 9.97 Å². The molecule has 0 spiro atoms. The quantitative estimate of drug-likeness (QED) is 0.145. The highest BCUT2D eigenvalue weighted by Crippen LogP contribution is 2.43. The third-order valence-corrected chi connectivity index (χ3v) is 9.70. The highest BCUT2D eigenvalue weighted by molar-refractivity contribution is 6.27. The molecule has 4 nitrogen and oxygen atoms in total. The number of nitrogens with one attached hydrogen (secondary N) is 1. The number of aromatic nitrogens is 2. The minimum atomic E-state index is -0.00712. The molecule has 48 heavy (non-hydrogen) atoms. The van der Waals surface area contributed by atoms with Gasteiger partial charge in [-0.25, -0.2) is 9.97 Å². The second kappa shape index (κ2) is 13.6. The van der Waals surface area contributed by atoms with Gasteiger partial charge in [-0.05, 0) is 73.6 Å². The summed E-state index contributed by atoms with van der Waals surface area (Å²) < 4.78 is 0. The minimum absolute atomic E-state index is 0.00712. The Morgan fingerprint density at radius 1 is 0.646 bits per heavy atom. The van der Waals surface area contributed by atoms with Crippen molar-refractivity contribution in [1.29, 1.82) is 0 Å². The number of unbranched alkanes of at least 4 members (excludes halogenated alkanes) is 5. The molecule has 6 aromatic rings. The van der Waals surface area contributed by atoms with E-state index in [0.717, 1.165) is 56.6 Å². The van der Waals surface area contributed by atoms with E-state index in [9.17, 15) is 4.79 Å². The summed E-state index contributed by atoms with van der Waals surface area (Å²) in [6, 6.07) is 33.6. The molecule has 0 saturated carbocycles. The minimum Gasteiger partial charge on any atom is -0.354 e. The van der Waals surface area contributed by atoms with Crippen LogP contribution in [0.3, 0.4) is 0 Å². The predicted molar refractivity (Wildman–Crippen MR) is 200 cm³/mol. The van der Waals surface area contributed by atoms with Crippen molar-refractivity contribution >= 4 is 28.1 Å². The van der Waals surface area contributed by atoms with Crippen molar-refractivity contribution < 1.29 is 4.79 Å². The topological polar surface area (TPSA) is 54.9 Å². The van der Waals surface area contributed by atoms with Crippen LogP contribution >= 0.6 is 0 Å². The molecular weight excluding hydrogens is 587 g/mol. The van der Waals surface area contributed by atoms with Gasteiger partial charge < -0.3 is 5.32 Å². The average Bonchev–Trinajstić information content (AvgIpc) is 3.10. The number of ketones is 1. The fourth-order valence-electron chi connectivity index (χ4n) is 7.21. The molecule has 0 aliphatic heterocycles. The van der Waals surface area contributed by atoms with Crippen LogP contribution in [0.2, 0.25) is 0 Å². The maximum atomic E-state index is 14.1. The number of hydrogen-bond donors (Lipinski definition) is 1. The zero-order chi connectivity index (χ0) is 33.2. The molecule has 1 aromatic heterocycles. The first kappa shape index (κ1) is 31.5. The number of fused-ring (bicyclic) bond motifs is 2. The first-order valence-electron chi connectivity index (χ1n) is 17.4. The van der Waals surface area contributed by atoms with Crippen LogP contribution in [0, 0.1) is 20.8 Å². The van der Waals surface area contributed by atoms with Crippen molar-refractivity contribution in [1.82, 2.24) is 9.97 Å². The number of rotatable bonds is 11. The SMILES string of the molecule is CCCCCCCCc1ccc(-c2ccc(-c3nc4c5c(c(Nc6c(C)cc(C)cc6C)ccc5n3)C(=O)c3ccccc3-4)cc2)cc1. The molecule has 240 valence electrons. The Hall–Kier alpha value is -5.09. The van der Waals surface area contributed by atoms with Gasteiger partial charge in [0.2, 0.25) is 0 Å². The van der Waals surface area contributed by atoms with Gasteiger partial charge in [0.1, 0.15) is 0 Å². The zero-order valence-electron chi connectivity index (χ0n) is 28.5. The average molecular weight is 630 g/mol. The third-order valence-electron chi connectivity index (χ3n) is 9.70. The van der Waals surface area contributed by atoms with Crippen molar-refractivity contribution in [3.8, 4) is 33.8 Å². The van der Waals surface area contributed by atoms with E-state index in [0.29, 0.717) is 17.0 Å². The van der Waals surface area contributed by atoms with Crippen LogP contribution < -0.4 is 5.32 Å². The normalized spacial score (nSPS) is 12.0. The highest BCUT2D eigenvalue weighted by Gasteiger charge is 2.30. The van der Waals surface area contributed by atoms with Crippen LogP contribution in [0.1, 0.15) is 83.6 Å². The zero-order valence-corrected chi connectivity index (χ0v) is 28.5. The molecule has 0 unspecified atom stereocenters. The smallest absolute Gasteiger partial charge is 0.196 e. The molecule has 1 aliphatic rings. The number of aryl methyl sites for hydroxylation is 4. The summed E-state index contributed by atoms with van der Waals surface area (Å²) in [5.74, 6) is 0.645. The summed E-state index contributed by atoms with van der Waals surface area (Å²) in [6.45, 7) is 8.57. The van der Waals surface area contributed by atoms with E-state index in [-0.39, 0.29) is 5.78 Å². The summed E-state index contributed by atoms with van der Waals surface area (Å²) >= 11 is 0. The molecule has 5 aromatic carbocycles. The van der Waals surface area contributed by atoms with Gasteiger partial charge in [0, 0.05) is 27.8 Å². The lowest BCUT2D eigenvalue weighted by molar-refractivity contribution is 0.104. The van der Waals surface area contributed by atoms with E-state index in [2.05, 4.69) is 93.7 Å². The van der Waals surface area contributed by atoms with Gasteiger partial charge in [-0.2, -0.15) is 0 Å². The van der Waals surface area contributed by atoms with E-state index in [1.54, 1.807) is 0 Å². The Bertz CT molecular complexity index is 2100. The van der Waals surface area contributed by atoms with E-state index >= 15 is 0 Å². The van der Waals surface area contributed by atoms with Crippen molar-refractivity contribution in [3.63, 3.8) is 0 Å². The summed E-state index contributed by atoms with van der Waals surface area (Å²) in [7, 11) is 0. The Morgan fingerprint density at radius 3 is 1.98 bits per heavy atom. The number of hydrogen-bond acceptors (Lipinski definition) is 4. The Kier molecular flexibility index (Phi) is 8.90. The fraction of sp³-hybridized carbons (Fsp3) is 0.250. The van der Waals surface area contributed by atoms with Gasteiger partial charge in [-0.1, -0.05) is 130 Å². The summed E-state index contributed by atoms with van der Waals surface area (Å²) in [6.07, 6.45) is 9.07. The van der Waals surface area contributed by atoms with Gasteiger partial charge >= 0.3 is 0 Å². The van der Waals surface area contributed by atoms with Crippen molar-refractivity contribution in [2.24, 2.45) is 0 Å². The van der Waals surface area contributed by atoms with Crippen LogP contribution in [0.5, 0.6) is 0 Å². The Balaban J connectivity index is 1.20. The van der Waals surface area contributed by atoms with Crippen LogP contribution in [0.4, 0.5) is 11.4 Å². The molecule has 7 rings (SSSR count). The maximum Gasteiger partial charge on any atom is 0.196 e. The molecule has 0 fully saturated rings. The summed E-state index contributed by atoms with van der Waals surface area (Å²) in [5.41, 5.74) is 13.7. The molecule has 0 saturated heterocycles. The predicted octanol–water partition coefficient (Wildman–Crippen LogP) is 11.7. The highest BCUT2D eigenvalue weighted by atomic mass is 16.1. The van der Waals surface area contributed by atoms with Crippen LogP contribution in [-0.4, -0.2) is 15.8 Å². The maximum absolute atomic E-state index is 14.1. The number of carbonyl (C=O) groups excluding carboxylic acids is 1. The molecule has 0 amide bonds. The van der Waals surface area contributed by atoms with Gasteiger partial charge in [0.05, 0.1) is 22.5 Å². The van der Waals surface area contributed by atoms with E-state index in [1.165, 1.54) is 60.8 Å². The molecule has 0 bridgehead atoms. The van der Waals surface area contributed by atoms with Crippen molar-refractivity contribution in [2.45, 2.75) is 72.6 Å².